The van der Waals surface area contributed by atoms with Gasteiger partial charge in [0, 0.05) is 31.0 Å². The fourth-order valence-corrected chi connectivity index (χ4v) is 3.73. The summed E-state index contributed by atoms with van der Waals surface area (Å²) in [4.78, 5) is 28.0. The molecule has 2 amide bonds. The normalized spacial score (nSPS) is 12.2. The van der Waals surface area contributed by atoms with E-state index in [1.165, 1.54) is 6.07 Å². The second-order valence-electron chi connectivity index (χ2n) is 8.40. The van der Waals surface area contributed by atoms with Gasteiger partial charge >= 0.3 is 6.09 Å². The molecule has 0 fully saturated rings. The van der Waals surface area contributed by atoms with Crippen LogP contribution in [0.5, 0.6) is 0 Å². The van der Waals surface area contributed by atoms with Crippen molar-refractivity contribution in [3.63, 3.8) is 0 Å². The molecule has 2 rings (SSSR count). The molecule has 31 heavy (non-hydrogen) atoms. The lowest BCUT2D eigenvalue weighted by Gasteiger charge is -2.25. The first kappa shape index (κ1) is 24.7. The number of hydrogen-bond donors (Lipinski definition) is 1. The van der Waals surface area contributed by atoms with Crippen molar-refractivity contribution in [2.75, 3.05) is 13.3 Å². The van der Waals surface area contributed by atoms with Crippen LogP contribution < -0.4 is 5.32 Å². The minimum absolute atomic E-state index is 0.0332. The number of nitrogens with one attached hydrogen (secondary N) is 1. The summed E-state index contributed by atoms with van der Waals surface area (Å²) in [6, 6.07) is 13.7. The molecule has 0 aliphatic heterocycles. The Balaban J connectivity index is 2.11. The van der Waals surface area contributed by atoms with Crippen LogP contribution in [0.15, 0.2) is 53.4 Å². The van der Waals surface area contributed by atoms with E-state index < -0.39 is 17.7 Å². The predicted octanol–water partition coefficient (Wildman–Crippen LogP) is 5.03. The first-order chi connectivity index (χ1) is 14.6. The average molecular weight is 447 g/mol. The van der Waals surface area contributed by atoms with Crippen molar-refractivity contribution < 1.29 is 18.7 Å². The van der Waals surface area contributed by atoms with Gasteiger partial charge in [0.1, 0.15) is 11.4 Å². The van der Waals surface area contributed by atoms with Gasteiger partial charge in [0.05, 0.1) is 0 Å². The third-order valence-electron chi connectivity index (χ3n) is 4.59. The lowest BCUT2D eigenvalue weighted by molar-refractivity contribution is -0.130. The Morgan fingerprint density at radius 3 is 2.32 bits per heavy atom. The van der Waals surface area contributed by atoms with E-state index >= 15 is 0 Å². The van der Waals surface area contributed by atoms with E-state index in [1.807, 2.05) is 30.5 Å². The van der Waals surface area contributed by atoms with Crippen LogP contribution in [0.25, 0.3) is 0 Å². The van der Waals surface area contributed by atoms with Gasteiger partial charge in [-0.05, 0) is 56.7 Å². The molecule has 0 bridgehead atoms. The quantitative estimate of drug-likeness (QED) is 0.578. The summed E-state index contributed by atoms with van der Waals surface area (Å²) in [6.45, 7) is 5.75. The number of carbonyl (C=O) groups excluding carboxylic acids is 2. The molecule has 1 unspecified atom stereocenters. The highest BCUT2D eigenvalue weighted by Gasteiger charge is 2.24. The summed E-state index contributed by atoms with van der Waals surface area (Å²) < 4.78 is 19.5. The van der Waals surface area contributed by atoms with E-state index in [4.69, 9.17) is 4.74 Å². The Hall–Kier alpha value is -2.54. The van der Waals surface area contributed by atoms with E-state index in [-0.39, 0.29) is 24.6 Å². The number of amides is 2. The number of halogens is 1. The Bertz CT molecular complexity index is 898. The second kappa shape index (κ2) is 11.2. The number of ether oxygens (including phenoxy) is 1. The number of carbonyl (C=O) groups is 2. The minimum Gasteiger partial charge on any atom is -0.444 e. The van der Waals surface area contributed by atoms with Crippen LogP contribution in [-0.2, 0) is 22.5 Å². The largest absolute Gasteiger partial charge is 0.444 e. The Labute approximate surface area is 188 Å². The third-order valence-corrected chi connectivity index (χ3v) is 5.43. The maximum absolute atomic E-state index is 14.2. The highest BCUT2D eigenvalue weighted by atomic mass is 32.2. The molecule has 0 radical (unpaired) electrons. The molecule has 0 saturated heterocycles. The highest BCUT2D eigenvalue weighted by molar-refractivity contribution is 7.98. The van der Waals surface area contributed by atoms with Gasteiger partial charge in [-0.25, -0.2) is 9.18 Å². The predicted molar refractivity (Wildman–Crippen MR) is 123 cm³/mol. The van der Waals surface area contributed by atoms with Crippen molar-refractivity contribution in [1.82, 2.24) is 10.2 Å². The molecule has 0 aliphatic rings. The average Bonchev–Trinajstić information content (AvgIpc) is 2.68. The SMILES string of the molecule is CSc1ccccc1CN(C)C(=O)CC(Cc1ccccc1F)NC(=O)OC(C)(C)C. The molecular formula is C24H31FN2O3S. The maximum Gasteiger partial charge on any atom is 0.407 e. The van der Waals surface area contributed by atoms with E-state index in [0.29, 0.717) is 12.1 Å². The zero-order valence-electron chi connectivity index (χ0n) is 18.8. The molecule has 0 heterocycles. The van der Waals surface area contributed by atoms with Crippen LogP contribution in [0.1, 0.15) is 38.3 Å². The number of benzene rings is 2. The lowest BCUT2D eigenvalue weighted by Crippen LogP contribution is -2.43. The summed E-state index contributed by atoms with van der Waals surface area (Å²) >= 11 is 1.63. The molecule has 7 heteroatoms. The third kappa shape index (κ3) is 8.25. The smallest absolute Gasteiger partial charge is 0.407 e. The van der Waals surface area contributed by atoms with Gasteiger partial charge in [0.15, 0.2) is 0 Å². The molecule has 2 aromatic rings. The van der Waals surface area contributed by atoms with E-state index in [1.54, 1.807) is 62.7 Å². The zero-order chi connectivity index (χ0) is 23.0. The summed E-state index contributed by atoms with van der Waals surface area (Å²) in [5.74, 6) is -0.513. The van der Waals surface area contributed by atoms with Crippen molar-refractivity contribution in [3.05, 3.63) is 65.5 Å². The molecule has 2 aromatic carbocycles. The summed E-state index contributed by atoms with van der Waals surface area (Å²) in [5.41, 5.74) is 0.818. The summed E-state index contributed by atoms with van der Waals surface area (Å²) in [7, 11) is 1.73. The van der Waals surface area contributed by atoms with Crippen LogP contribution in [0.4, 0.5) is 9.18 Å². The van der Waals surface area contributed by atoms with Crippen molar-refractivity contribution in [2.24, 2.45) is 0 Å². The van der Waals surface area contributed by atoms with Crippen molar-refractivity contribution >= 4 is 23.8 Å². The fourth-order valence-electron chi connectivity index (χ4n) is 3.12. The topological polar surface area (TPSA) is 58.6 Å². The van der Waals surface area contributed by atoms with Crippen LogP contribution >= 0.6 is 11.8 Å². The first-order valence-electron chi connectivity index (χ1n) is 10.2. The number of nitrogens with zero attached hydrogens (tertiary/aromatic N) is 1. The van der Waals surface area contributed by atoms with Gasteiger partial charge < -0.3 is 15.0 Å². The zero-order valence-corrected chi connectivity index (χ0v) is 19.6. The number of thioether (sulfide) groups is 1. The van der Waals surface area contributed by atoms with Gasteiger partial charge in [-0.1, -0.05) is 36.4 Å². The molecular weight excluding hydrogens is 415 g/mol. The van der Waals surface area contributed by atoms with Gasteiger partial charge in [0.2, 0.25) is 5.91 Å². The van der Waals surface area contributed by atoms with Gasteiger partial charge in [-0.3, -0.25) is 4.79 Å². The minimum atomic E-state index is -0.672. The van der Waals surface area contributed by atoms with E-state index in [9.17, 15) is 14.0 Å². The molecule has 5 nitrogen and oxygen atoms in total. The van der Waals surface area contributed by atoms with Crippen molar-refractivity contribution in [1.29, 1.82) is 0 Å². The van der Waals surface area contributed by atoms with Crippen LogP contribution in [0, 0.1) is 5.82 Å². The molecule has 1 atom stereocenters. The number of rotatable bonds is 8. The fraction of sp³-hybridized carbons (Fsp3) is 0.417. The van der Waals surface area contributed by atoms with Gasteiger partial charge in [0.25, 0.3) is 0 Å². The summed E-state index contributed by atoms with van der Waals surface area (Å²) in [6.07, 6.45) is 1.59. The van der Waals surface area contributed by atoms with Crippen LogP contribution in [0.3, 0.4) is 0 Å². The van der Waals surface area contributed by atoms with Gasteiger partial charge in [-0.15, -0.1) is 11.8 Å². The van der Waals surface area contributed by atoms with E-state index in [0.717, 1.165) is 10.5 Å². The lowest BCUT2D eigenvalue weighted by atomic mass is 10.0. The molecule has 1 N–H and O–H groups in total. The van der Waals surface area contributed by atoms with Gasteiger partial charge in [-0.2, -0.15) is 0 Å². The first-order valence-corrected chi connectivity index (χ1v) is 11.4. The van der Waals surface area contributed by atoms with Crippen molar-refractivity contribution in [2.45, 2.75) is 56.7 Å². The van der Waals surface area contributed by atoms with E-state index in [2.05, 4.69) is 5.32 Å². The summed E-state index contributed by atoms with van der Waals surface area (Å²) in [5, 5.41) is 2.74. The monoisotopic (exact) mass is 446 g/mol. The molecule has 0 aromatic heterocycles. The molecule has 0 spiro atoms. The van der Waals surface area contributed by atoms with Crippen LogP contribution in [0.2, 0.25) is 0 Å². The molecule has 168 valence electrons. The second-order valence-corrected chi connectivity index (χ2v) is 9.25. The maximum atomic E-state index is 14.2. The van der Waals surface area contributed by atoms with Crippen LogP contribution in [-0.4, -0.2) is 41.8 Å². The molecule has 0 saturated carbocycles. The Morgan fingerprint density at radius 2 is 1.71 bits per heavy atom. The Kier molecular flexibility index (Phi) is 8.92. The molecule has 0 aliphatic carbocycles. The Morgan fingerprint density at radius 1 is 1.10 bits per heavy atom. The van der Waals surface area contributed by atoms with Crippen molar-refractivity contribution in [3.8, 4) is 0 Å². The standard InChI is InChI=1S/C24H31FN2O3S/c1-24(2,3)30-23(29)26-19(14-17-10-6-8-12-20(17)25)15-22(28)27(4)16-18-11-7-9-13-21(18)31-5/h6-13,19H,14-16H2,1-5H3,(H,26,29). The highest BCUT2D eigenvalue weighted by Crippen LogP contribution is 2.21. The number of alkyl carbamates (subject to hydrolysis) is 1. The number of hydrogen-bond acceptors (Lipinski definition) is 4.